The second kappa shape index (κ2) is 15.3. The third-order valence-electron chi connectivity index (χ3n) is 0. The third-order valence-corrected chi connectivity index (χ3v) is 0. The zero-order valence-electron chi connectivity index (χ0n) is 6.75. The molecule has 0 bridgehead atoms. The molecule has 0 fully saturated rings. The van der Waals surface area contributed by atoms with Crippen molar-refractivity contribution in [1.29, 1.82) is 0 Å². The molecule has 0 N–H and O–H groups in total. The predicted molar refractivity (Wildman–Crippen MR) is 26.8 cm³/mol. The Kier molecular flexibility index (Phi) is 36.2. The Balaban J connectivity index is -0.0000000326. The Hall–Kier alpha value is 3.87. The molecule has 10 heavy (non-hydrogen) atoms. The van der Waals surface area contributed by atoms with Gasteiger partial charge in [0.25, 0.3) is 0 Å². The first-order valence-corrected chi connectivity index (χ1v) is 6.24. The van der Waals surface area contributed by atoms with E-state index in [1.54, 1.807) is 0 Å². The van der Waals surface area contributed by atoms with E-state index in [1.807, 2.05) is 0 Å². The Morgan fingerprint density at radius 2 is 1.10 bits per heavy atom. The summed E-state index contributed by atoms with van der Waals surface area (Å²) in [7, 11) is -5.17. The monoisotopic (exact) mass is 202 g/mol. The van der Waals surface area contributed by atoms with E-state index in [0.717, 1.165) is 0 Å². The van der Waals surface area contributed by atoms with Gasteiger partial charge >= 0.3 is 116 Å². The summed E-state index contributed by atoms with van der Waals surface area (Å²) in [5.74, 6) is 0. The molecule has 4 nitrogen and oxygen atoms in total. The standard InChI is InChI=1S/CH2.4Na.H2O4S/c;;;;;1-5(2,3)4/h1H2;;;;;(H2,1,2,3,4)/q;;;2*+1;/p-2. The molecule has 0 atom stereocenters. The van der Waals surface area contributed by atoms with Gasteiger partial charge in [0, 0.05) is 10.4 Å². The van der Waals surface area contributed by atoms with Crippen LogP contribution in [0.5, 0.6) is 0 Å². The summed E-state index contributed by atoms with van der Waals surface area (Å²) in [4.78, 5) is 0. The maximum absolute atomic E-state index is 8.52. The molecule has 0 unspecified atom stereocenters. The Morgan fingerprint density at radius 1 is 1.10 bits per heavy atom. The van der Waals surface area contributed by atoms with Gasteiger partial charge in [0.1, 0.15) is 0 Å². The molecule has 0 spiro atoms. The Labute approximate surface area is 140 Å². The van der Waals surface area contributed by atoms with Gasteiger partial charge in [-0.05, 0) is 0 Å². The van der Waals surface area contributed by atoms with Gasteiger partial charge in [0.2, 0.25) is 0 Å². The minimum atomic E-state index is -5.17. The van der Waals surface area contributed by atoms with Gasteiger partial charge in [0.15, 0.2) is 0 Å². The van der Waals surface area contributed by atoms with Crippen LogP contribution >= 0.6 is 0 Å². The molecule has 0 saturated carbocycles. The summed E-state index contributed by atoms with van der Waals surface area (Å²) >= 11 is 2.86. The van der Waals surface area contributed by atoms with Gasteiger partial charge in [-0.3, -0.25) is 8.42 Å². The molecule has 0 aliphatic heterocycles. The molecule has 0 amide bonds. The van der Waals surface area contributed by atoms with E-state index in [4.69, 9.17) is 17.5 Å². The summed E-state index contributed by atoms with van der Waals surface area (Å²) in [5.41, 5.74) is 0. The second-order valence-electron chi connectivity index (χ2n) is 1.12. The molecular weight excluding hydrogens is 200 g/mol. The topological polar surface area (TPSA) is 80.3 Å². The summed E-state index contributed by atoms with van der Waals surface area (Å²) < 4.78 is 35.6. The van der Waals surface area contributed by atoms with Crippen molar-refractivity contribution >= 4 is 66.3 Å². The molecule has 0 aromatic carbocycles. The molecule has 0 aromatic rings. The molecule has 0 heterocycles. The van der Waals surface area contributed by atoms with Gasteiger partial charge in [-0.25, -0.2) is 0 Å². The molecule has 0 aliphatic carbocycles. The fourth-order valence-electron chi connectivity index (χ4n) is 0. The van der Waals surface area contributed by atoms with Gasteiger partial charge in [0.05, 0.1) is 0 Å². The average molecular weight is 202 g/mol. The van der Waals surface area contributed by atoms with E-state index < -0.39 is 10.4 Å². The molecule has 0 saturated heterocycles. The van der Waals surface area contributed by atoms with Crippen LogP contribution in [-0.2, 0) is 10.4 Å². The predicted octanol–water partition coefficient (Wildman–Crippen LogP) is -7.63. The van der Waals surface area contributed by atoms with Crippen molar-refractivity contribution in [1.82, 2.24) is 0 Å². The van der Waals surface area contributed by atoms with Gasteiger partial charge in [-0.15, -0.1) is 0 Å². The van der Waals surface area contributed by atoms with Crippen molar-refractivity contribution < 1.29 is 76.6 Å². The number of hydrogen-bond donors (Lipinski definition) is 0. The quantitative estimate of drug-likeness (QED) is 0.222. The van der Waals surface area contributed by atoms with E-state index in [2.05, 4.69) is 0 Å². The molecule has 0 rings (SSSR count). The average Bonchev–Trinajstić information content (AvgIpc) is 1.27. The molecule has 0 aliphatic rings. The maximum atomic E-state index is 8.52. The van der Waals surface area contributed by atoms with Crippen LogP contribution in [0.3, 0.4) is 0 Å². The van der Waals surface area contributed by atoms with E-state index >= 15 is 0 Å². The summed E-state index contributed by atoms with van der Waals surface area (Å²) in [6.45, 7) is 0. The SMILES string of the molecule is O=S(=O)([O-])[O-].[Na+].[Na+].[Na][CH2][Na]. The Morgan fingerprint density at radius 3 is 1.10 bits per heavy atom. The fraction of sp³-hybridized carbons (Fsp3) is 1.00. The van der Waals surface area contributed by atoms with E-state index in [0.29, 0.717) is 0 Å². The van der Waals surface area contributed by atoms with Crippen molar-refractivity contribution in [2.24, 2.45) is 0 Å². The van der Waals surface area contributed by atoms with Crippen molar-refractivity contribution in [3.8, 4) is 0 Å². The zero-order valence-corrected chi connectivity index (χ0v) is 15.6. The van der Waals surface area contributed by atoms with Crippen LogP contribution < -0.4 is 59.1 Å². The first-order valence-electron chi connectivity index (χ1n) is 2.08. The summed E-state index contributed by atoms with van der Waals surface area (Å²) in [6.07, 6.45) is 0. The van der Waals surface area contributed by atoms with Gasteiger partial charge in [-0.1, -0.05) is 0 Å². The molecule has 9 heteroatoms. The molecular formula is CH2Na4O4S. The zero-order chi connectivity index (χ0) is 7.21. The van der Waals surface area contributed by atoms with Gasteiger partial charge < -0.3 is 9.11 Å². The van der Waals surface area contributed by atoms with Crippen LogP contribution in [-0.4, -0.2) is 73.4 Å². The minimum absolute atomic E-state index is 0. The summed E-state index contributed by atoms with van der Waals surface area (Å²) in [6, 6.07) is 0. The van der Waals surface area contributed by atoms with Crippen LogP contribution in [0.2, 0.25) is 0.920 Å². The van der Waals surface area contributed by atoms with Crippen LogP contribution in [0.4, 0.5) is 0 Å². The van der Waals surface area contributed by atoms with Crippen molar-refractivity contribution in [3.05, 3.63) is 0 Å². The summed E-state index contributed by atoms with van der Waals surface area (Å²) in [5, 5.41) is 0. The third kappa shape index (κ3) is 93.6. The van der Waals surface area contributed by atoms with E-state index in [9.17, 15) is 0 Å². The van der Waals surface area contributed by atoms with E-state index in [1.165, 1.54) is 56.8 Å². The van der Waals surface area contributed by atoms with Crippen molar-refractivity contribution in [2.45, 2.75) is 0.920 Å². The first kappa shape index (κ1) is 23.6. The molecule has 0 aromatic heterocycles. The van der Waals surface area contributed by atoms with Crippen LogP contribution in [0, 0.1) is 0 Å². The molecule has 40 valence electrons. The second-order valence-corrected chi connectivity index (χ2v) is 7.59. The van der Waals surface area contributed by atoms with Crippen LogP contribution in [0.25, 0.3) is 0 Å². The number of rotatable bonds is 0. The van der Waals surface area contributed by atoms with Crippen molar-refractivity contribution in [3.63, 3.8) is 0 Å². The normalized spacial score (nSPS) is 7.80. The van der Waals surface area contributed by atoms with E-state index in [-0.39, 0.29) is 59.1 Å². The molecule has 0 radical (unpaired) electrons. The Bertz CT molecular complexity index is 111. The van der Waals surface area contributed by atoms with Crippen LogP contribution in [0.15, 0.2) is 0 Å². The van der Waals surface area contributed by atoms with Crippen molar-refractivity contribution in [2.75, 3.05) is 0 Å². The van der Waals surface area contributed by atoms with Gasteiger partial charge in [-0.2, -0.15) is 0 Å². The number of hydrogen-bond acceptors (Lipinski definition) is 4. The van der Waals surface area contributed by atoms with Crippen LogP contribution in [0.1, 0.15) is 0 Å². The fourth-order valence-corrected chi connectivity index (χ4v) is 0. The first-order chi connectivity index (χ1) is 3.41.